The summed E-state index contributed by atoms with van der Waals surface area (Å²) in [6, 6.07) is 3.40. The topological polar surface area (TPSA) is 144 Å². The summed E-state index contributed by atoms with van der Waals surface area (Å²) in [5.74, 6) is -1.96. The Morgan fingerprint density at radius 2 is 2.04 bits per heavy atom. The highest BCUT2D eigenvalue weighted by atomic mass is 16.4. The third-order valence-corrected chi connectivity index (χ3v) is 3.68. The molecular weight excluding hydrogens is 356 g/mol. The van der Waals surface area contributed by atoms with Crippen LogP contribution < -0.4 is 10.6 Å². The van der Waals surface area contributed by atoms with Crippen LogP contribution in [-0.2, 0) is 20.6 Å². The highest BCUT2D eigenvalue weighted by molar-refractivity contribution is 6.12. The fourth-order valence-corrected chi connectivity index (χ4v) is 2.46. The van der Waals surface area contributed by atoms with Crippen LogP contribution in [0.4, 0.5) is 5.69 Å². The first kappa shape index (κ1) is 17.9. The van der Waals surface area contributed by atoms with Gasteiger partial charge in [0.05, 0.1) is 30.3 Å². The highest BCUT2D eigenvalue weighted by Gasteiger charge is 2.24. The minimum atomic E-state index is -1.29. The number of anilines is 1. The summed E-state index contributed by atoms with van der Waals surface area (Å²) in [5.41, 5.74) is -0.270. The third kappa shape index (κ3) is 3.71. The van der Waals surface area contributed by atoms with Crippen LogP contribution >= 0.6 is 0 Å². The van der Waals surface area contributed by atoms with Gasteiger partial charge in [0.2, 0.25) is 0 Å². The molecule has 11 nitrogen and oxygen atoms in total. The van der Waals surface area contributed by atoms with E-state index in [1.807, 2.05) is 0 Å². The van der Waals surface area contributed by atoms with Gasteiger partial charge in [-0.15, -0.1) is 0 Å². The van der Waals surface area contributed by atoms with E-state index in [-0.39, 0.29) is 29.2 Å². The average Bonchev–Trinajstić information content (AvgIpc) is 3.32. The third-order valence-electron chi connectivity index (χ3n) is 3.68. The maximum atomic E-state index is 12.5. The minimum Gasteiger partial charge on any atom is -0.477 e. The first-order valence-corrected chi connectivity index (χ1v) is 7.77. The molecule has 0 atom stereocenters. The summed E-state index contributed by atoms with van der Waals surface area (Å²) in [5, 5.41) is 22.2. The molecule has 0 fully saturated rings. The van der Waals surface area contributed by atoms with Crippen LogP contribution in [0.2, 0.25) is 0 Å². The number of aryl methyl sites for hydroxylation is 2. The van der Waals surface area contributed by atoms with Gasteiger partial charge in [0, 0.05) is 20.3 Å². The molecule has 3 aromatic rings. The van der Waals surface area contributed by atoms with E-state index in [0.29, 0.717) is 5.76 Å². The van der Waals surface area contributed by atoms with E-state index in [2.05, 4.69) is 20.8 Å². The summed E-state index contributed by atoms with van der Waals surface area (Å²) in [6.45, 7) is 0.154. The molecule has 0 saturated heterocycles. The predicted molar refractivity (Wildman–Crippen MR) is 91.2 cm³/mol. The number of amides is 2. The number of carboxylic acid groups (broad SMARTS) is 1. The van der Waals surface area contributed by atoms with Crippen LogP contribution in [0.3, 0.4) is 0 Å². The Morgan fingerprint density at radius 3 is 2.70 bits per heavy atom. The van der Waals surface area contributed by atoms with Crippen molar-refractivity contribution in [3.8, 4) is 0 Å². The number of nitrogens with one attached hydrogen (secondary N) is 2. The molecular formula is C16H16N6O5. The van der Waals surface area contributed by atoms with Crippen LogP contribution in [0.25, 0.3) is 0 Å². The van der Waals surface area contributed by atoms with E-state index >= 15 is 0 Å². The maximum Gasteiger partial charge on any atom is 0.354 e. The van der Waals surface area contributed by atoms with Crippen molar-refractivity contribution in [3.63, 3.8) is 0 Å². The Morgan fingerprint density at radius 1 is 1.26 bits per heavy atom. The van der Waals surface area contributed by atoms with Gasteiger partial charge in [0.15, 0.2) is 11.4 Å². The highest BCUT2D eigenvalue weighted by Crippen LogP contribution is 2.17. The molecule has 0 spiro atoms. The molecule has 3 N–H and O–H groups in total. The summed E-state index contributed by atoms with van der Waals surface area (Å²) in [7, 11) is 3.00. The molecule has 0 bridgehead atoms. The zero-order valence-corrected chi connectivity index (χ0v) is 14.5. The van der Waals surface area contributed by atoms with Gasteiger partial charge in [-0.3, -0.25) is 19.0 Å². The van der Waals surface area contributed by atoms with Crippen LogP contribution in [0.15, 0.2) is 35.2 Å². The normalized spacial score (nSPS) is 10.6. The molecule has 3 heterocycles. The number of aromatic carboxylic acids is 1. The molecule has 3 aromatic heterocycles. The van der Waals surface area contributed by atoms with Crippen LogP contribution in [0.1, 0.15) is 37.1 Å². The molecule has 27 heavy (non-hydrogen) atoms. The predicted octanol–water partition coefficient (Wildman–Crippen LogP) is 0.627. The first-order valence-electron chi connectivity index (χ1n) is 7.77. The fourth-order valence-electron chi connectivity index (χ4n) is 2.46. The van der Waals surface area contributed by atoms with Gasteiger partial charge >= 0.3 is 5.97 Å². The molecule has 0 aliphatic heterocycles. The summed E-state index contributed by atoms with van der Waals surface area (Å²) in [4.78, 5) is 36.2. The van der Waals surface area contributed by atoms with Crippen molar-refractivity contribution >= 4 is 23.5 Å². The Balaban J connectivity index is 1.78. The molecule has 0 aliphatic carbocycles. The Kier molecular flexibility index (Phi) is 4.75. The molecule has 2 amide bonds. The molecule has 0 radical (unpaired) electrons. The maximum absolute atomic E-state index is 12.5. The van der Waals surface area contributed by atoms with Crippen molar-refractivity contribution in [2.75, 3.05) is 5.32 Å². The Labute approximate surface area is 152 Å². The second kappa shape index (κ2) is 7.15. The van der Waals surface area contributed by atoms with Gasteiger partial charge in [-0.1, -0.05) is 0 Å². The van der Waals surface area contributed by atoms with E-state index in [0.717, 1.165) is 10.9 Å². The lowest BCUT2D eigenvalue weighted by Gasteiger charge is -2.06. The Hall–Kier alpha value is -3.89. The fraction of sp³-hybridized carbons (Fsp3) is 0.188. The molecule has 0 aromatic carbocycles. The number of aromatic nitrogens is 4. The summed E-state index contributed by atoms with van der Waals surface area (Å²) < 4.78 is 7.58. The number of carbonyl (C=O) groups excluding carboxylic acids is 2. The molecule has 0 saturated carbocycles. The van der Waals surface area contributed by atoms with Crippen molar-refractivity contribution in [2.24, 2.45) is 14.1 Å². The van der Waals surface area contributed by atoms with E-state index in [9.17, 15) is 19.5 Å². The lowest BCUT2D eigenvalue weighted by Crippen LogP contribution is -2.25. The second-order valence-electron chi connectivity index (χ2n) is 5.62. The largest absolute Gasteiger partial charge is 0.477 e. The average molecular weight is 372 g/mol. The summed E-state index contributed by atoms with van der Waals surface area (Å²) in [6.07, 6.45) is 4.07. The van der Waals surface area contributed by atoms with Crippen molar-refractivity contribution in [2.45, 2.75) is 6.54 Å². The lowest BCUT2D eigenvalue weighted by molar-refractivity contribution is 0.0680. The smallest absolute Gasteiger partial charge is 0.354 e. The van der Waals surface area contributed by atoms with Crippen molar-refractivity contribution in [3.05, 3.63) is 53.5 Å². The van der Waals surface area contributed by atoms with Crippen molar-refractivity contribution in [1.82, 2.24) is 24.9 Å². The molecule has 0 aliphatic rings. The van der Waals surface area contributed by atoms with Crippen LogP contribution in [0, 0.1) is 0 Å². The standard InChI is InChI=1S/C16H16N6O5/c1-21-8-11(12(20-21)15(24)17-6-9-4-3-5-27-9)19-14(23)10-7-18-22(2)13(10)16(25)26/h3-5,7-8H,6H2,1-2H3,(H,17,24)(H,19,23)(H,25,26). The van der Waals surface area contributed by atoms with E-state index in [4.69, 9.17) is 4.42 Å². The molecule has 0 unspecified atom stereocenters. The number of furan rings is 1. The quantitative estimate of drug-likeness (QED) is 0.575. The van der Waals surface area contributed by atoms with E-state index in [1.165, 1.54) is 24.2 Å². The summed E-state index contributed by atoms with van der Waals surface area (Å²) >= 11 is 0. The Bertz CT molecular complexity index is 1000. The number of hydrogen-bond donors (Lipinski definition) is 3. The van der Waals surface area contributed by atoms with Gasteiger partial charge in [0.25, 0.3) is 11.8 Å². The number of hydrogen-bond acceptors (Lipinski definition) is 6. The van der Waals surface area contributed by atoms with Gasteiger partial charge < -0.3 is 20.2 Å². The number of carboxylic acids is 1. The first-order chi connectivity index (χ1) is 12.9. The van der Waals surface area contributed by atoms with Crippen LogP contribution in [-0.4, -0.2) is 42.5 Å². The van der Waals surface area contributed by atoms with Crippen LogP contribution in [0.5, 0.6) is 0 Å². The molecule has 3 rings (SSSR count). The molecule has 140 valence electrons. The van der Waals surface area contributed by atoms with Crippen molar-refractivity contribution < 1.29 is 23.9 Å². The van der Waals surface area contributed by atoms with Gasteiger partial charge in [-0.2, -0.15) is 10.2 Å². The molecule has 11 heteroatoms. The number of carbonyl (C=O) groups is 3. The minimum absolute atomic E-state index is 0.0156. The van der Waals surface area contributed by atoms with Gasteiger partial charge in [0.1, 0.15) is 5.76 Å². The zero-order chi connectivity index (χ0) is 19.6. The van der Waals surface area contributed by atoms with Gasteiger partial charge in [-0.05, 0) is 12.1 Å². The zero-order valence-electron chi connectivity index (χ0n) is 14.5. The van der Waals surface area contributed by atoms with Gasteiger partial charge in [-0.25, -0.2) is 4.79 Å². The lowest BCUT2D eigenvalue weighted by atomic mass is 10.2. The van der Waals surface area contributed by atoms with Crippen molar-refractivity contribution in [1.29, 1.82) is 0 Å². The second-order valence-corrected chi connectivity index (χ2v) is 5.62. The van der Waals surface area contributed by atoms with E-state index in [1.54, 1.807) is 19.2 Å². The number of rotatable bonds is 6. The monoisotopic (exact) mass is 372 g/mol. The van der Waals surface area contributed by atoms with E-state index < -0.39 is 17.8 Å². The SMILES string of the molecule is Cn1cc(NC(=O)c2cnn(C)c2C(=O)O)c(C(=O)NCc2ccco2)n1. The number of nitrogens with zero attached hydrogens (tertiary/aromatic N) is 4.